The molecule has 3 rings (SSSR count). The molecule has 0 N–H and O–H groups in total. The zero-order valence-electron chi connectivity index (χ0n) is 14.9. The van der Waals surface area contributed by atoms with Crippen molar-refractivity contribution in [3.8, 4) is 0 Å². The van der Waals surface area contributed by atoms with Gasteiger partial charge in [0, 0.05) is 37.3 Å². The third-order valence-corrected chi connectivity index (χ3v) is 4.73. The van der Waals surface area contributed by atoms with Crippen LogP contribution in [0.5, 0.6) is 0 Å². The van der Waals surface area contributed by atoms with Crippen LogP contribution in [0.1, 0.15) is 31.8 Å². The fourth-order valence-electron chi connectivity index (χ4n) is 3.29. The number of carbonyl (C=O) groups excluding carboxylic acids is 2. The number of nitrogens with zero attached hydrogens (tertiary/aromatic N) is 2. The molecule has 0 atom stereocenters. The van der Waals surface area contributed by atoms with Crippen LogP contribution in [0.4, 0.5) is 0 Å². The first-order valence-corrected chi connectivity index (χ1v) is 8.72. The van der Waals surface area contributed by atoms with Gasteiger partial charge in [0.1, 0.15) is 0 Å². The highest BCUT2D eigenvalue weighted by Gasteiger charge is 2.23. The summed E-state index contributed by atoms with van der Waals surface area (Å²) < 4.78 is 0. The van der Waals surface area contributed by atoms with Gasteiger partial charge in [-0.25, -0.2) is 0 Å². The van der Waals surface area contributed by atoms with Crippen LogP contribution in [-0.2, 0) is 0 Å². The van der Waals surface area contributed by atoms with Gasteiger partial charge >= 0.3 is 0 Å². The van der Waals surface area contributed by atoms with Gasteiger partial charge in [-0.3, -0.25) is 14.5 Å². The minimum absolute atomic E-state index is 0.0703. The molecule has 0 saturated carbocycles. The monoisotopic (exact) mass is 336 g/mol. The zero-order chi connectivity index (χ0) is 17.8. The standard InChI is InChI=1S/C21H24N2O2/c1-16-8-9-19(17(2)14-16)20(24)15-22-10-12-23(13-11-22)21(25)18-6-4-3-5-7-18/h3-9,14H,10-13,15H2,1-2H3. The smallest absolute Gasteiger partial charge is 0.253 e. The highest BCUT2D eigenvalue weighted by Crippen LogP contribution is 2.13. The second-order valence-corrected chi connectivity index (χ2v) is 6.68. The number of ketones is 1. The van der Waals surface area contributed by atoms with E-state index in [0.717, 1.165) is 29.8 Å². The van der Waals surface area contributed by atoms with E-state index < -0.39 is 0 Å². The Hall–Kier alpha value is -2.46. The van der Waals surface area contributed by atoms with Crippen molar-refractivity contribution in [3.63, 3.8) is 0 Å². The van der Waals surface area contributed by atoms with Crippen LogP contribution in [0.25, 0.3) is 0 Å². The van der Waals surface area contributed by atoms with Gasteiger partial charge in [-0.2, -0.15) is 0 Å². The Morgan fingerprint density at radius 2 is 1.60 bits per heavy atom. The molecule has 1 aliphatic rings. The summed E-state index contributed by atoms with van der Waals surface area (Å²) in [6, 6.07) is 15.3. The van der Waals surface area contributed by atoms with Crippen LogP contribution in [0.15, 0.2) is 48.5 Å². The molecule has 0 bridgehead atoms. The van der Waals surface area contributed by atoms with Crippen LogP contribution in [0.3, 0.4) is 0 Å². The molecule has 130 valence electrons. The van der Waals surface area contributed by atoms with Crippen LogP contribution >= 0.6 is 0 Å². The lowest BCUT2D eigenvalue weighted by Crippen LogP contribution is -2.49. The molecule has 4 heteroatoms. The highest BCUT2D eigenvalue weighted by atomic mass is 16.2. The Morgan fingerprint density at radius 1 is 0.920 bits per heavy atom. The van der Waals surface area contributed by atoms with Crippen molar-refractivity contribution < 1.29 is 9.59 Å². The second-order valence-electron chi connectivity index (χ2n) is 6.68. The fraction of sp³-hybridized carbons (Fsp3) is 0.333. The maximum Gasteiger partial charge on any atom is 0.253 e. The molecule has 4 nitrogen and oxygen atoms in total. The molecule has 25 heavy (non-hydrogen) atoms. The predicted octanol–water partition coefficient (Wildman–Crippen LogP) is 2.94. The quantitative estimate of drug-likeness (QED) is 0.806. The van der Waals surface area contributed by atoms with Gasteiger partial charge in [0.2, 0.25) is 0 Å². The molecule has 1 aliphatic heterocycles. The minimum Gasteiger partial charge on any atom is -0.336 e. The first-order chi connectivity index (χ1) is 12.0. The molecule has 0 aliphatic carbocycles. The number of amides is 1. The molecule has 1 heterocycles. The van der Waals surface area contributed by atoms with E-state index in [0.29, 0.717) is 19.6 Å². The summed E-state index contributed by atoms with van der Waals surface area (Å²) in [5.74, 6) is 0.223. The zero-order valence-corrected chi connectivity index (χ0v) is 14.9. The van der Waals surface area contributed by atoms with Gasteiger partial charge in [-0.05, 0) is 31.5 Å². The number of carbonyl (C=O) groups is 2. The first-order valence-electron chi connectivity index (χ1n) is 8.72. The highest BCUT2D eigenvalue weighted by molar-refractivity contribution is 5.99. The Bertz CT molecular complexity index is 763. The van der Waals surface area contributed by atoms with E-state index in [2.05, 4.69) is 4.90 Å². The molecule has 0 aromatic heterocycles. The molecule has 2 aromatic carbocycles. The normalized spacial score (nSPS) is 15.2. The fourth-order valence-corrected chi connectivity index (χ4v) is 3.29. The van der Waals surface area contributed by atoms with E-state index in [4.69, 9.17) is 0 Å². The number of piperazine rings is 1. The molecule has 1 fully saturated rings. The van der Waals surface area contributed by atoms with Crippen molar-refractivity contribution in [1.29, 1.82) is 0 Å². The molecule has 1 amide bonds. The molecular weight excluding hydrogens is 312 g/mol. The van der Waals surface area contributed by atoms with Crippen molar-refractivity contribution in [3.05, 3.63) is 70.8 Å². The maximum absolute atomic E-state index is 12.6. The molecule has 0 radical (unpaired) electrons. The number of benzene rings is 2. The SMILES string of the molecule is Cc1ccc(C(=O)CN2CCN(C(=O)c3ccccc3)CC2)c(C)c1. The van der Waals surface area contributed by atoms with Gasteiger partial charge in [0.15, 0.2) is 5.78 Å². The van der Waals surface area contributed by atoms with E-state index in [1.54, 1.807) is 0 Å². The summed E-state index contributed by atoms with van der Waals surface area (Å²) in [6.45, 7) is 7.21. The Balaban J connectivity index is 1.56. The average Bonchev–Trinajstić information content (AvgIpc) is 2.62. The van der Waals surface area contributed by atoms with Crippen molar-refractivity contribution in [2.75, 3.05) is 32.7 Å². The van der Waals surface area contributed by atoms with Gasteiger partial charge in [0.25, 0.3) is 5.91 Å². The van der Waals surface area contributed by atoms with E-state index in [1.165, 1.54) is 5.56 Å². The molecule has 1 saturated heterocycles. The van der Waals surface area contributed by atoms with Crippen LogP contribution in [-0.4, -0.2) is 54.2 Å². The van der Waals surface area contributed by atoms with Crippen molar-refractivity contribution in [1.82, 2.24) is 9.80 Å². The summed E-state index contributed by atoms with van der Waals surface area (Å²) >= 11 is 0. The minimum atomic E-state index is 0.0703. The second kappa shape index (κ2) is 7.62. The molecule has 0 spiro atoms. The average molecular weight is 336 g/mol. The predicted molar refractivity (Wildman–Crippen MR) is 99.0 cm³/mol. The summed E-state index contributed by atoms with van der Waals surface area (Å²) in [5, 5.41) is 0. The number of Topliss-reactive ketones (excluding diaryl/α,β-unsaturated/α-hetero) is 1. The maximum atomic E-state index is 12.6. The first kappa shape index (κ1) is 17.4. The molecular formula is C21H24N2O2. The molecule has 0 unspecified atom stereocenters. The topological polar surface area (TPSA) is 40.6 Å². The van der Waals surface area contributed by atoms with Gasteiger partial charge in [-0.15, -0.1) is 0 Å². The number of aryl methyl sites for hydroxylation is 2. The Labute approximate surface area is 149 Å². The van der Waals surface area contributed by atoms with Crippen LogP contribution in [0.2, 0.25) is 0 Å². The van der Waals surface area contributed by atoms with E-state index in [9.17, 15) is 9.59 Å². The molecule has 2 aromatic rings. The van der Waals surface area contributed by atoms with Gasteiger partial charge < -0.3 is 4.90 Å². The largest absolute Gasteiger partial charge is 0.336 e. The van der Waals surface area contributed by atoms with Gasteiger partial charge in [-0.1, -0.05) is 42.0 Å². The van der Waals surface area contributed by atoms with Crippen molar-refractivity contribution in [2.24, 2.45) is 0 Å². The summed E-state index contributed by atoms with van der Waals surface area (Å²) in [5.41, 5.74) is 3.72. The number of rotatable bonds is 4. The lowest BCUT2D eigenvalue weighted by molar-refractivity contribution is 0.0624. The van der Waals surface area contributed by atoms with Crippen LogP contribution in [0, 0.1) is 13.8 Å². The third kappa shape index (κ3) is 4.15. The summed E-state index contributed by atoms with van der Waals surface area (Å²) in [7, 11) is 0. The van der Waals surface area contributed by atoms with Gasteiger partial charge in [0.05, 0.1) is 6.54 Å². The number of hydrogen-bond acceptors (Lipinski definition) is 3. The van der Waals surface area contributed by atoms with Crippen LogP contribution < -0.4 is 0 Å². The third-order valence-electron chi connectivity index (χ3n) is 4.73. The van der Waals surface area contributed by atoms with Crippen molar-refractivity contribution in [2.45, 2.75) is 13.8 Å². The number of hydrogen-bond donors (Lipinski definition) is 0. The lowest BCUT2D eigenvalue weighted by Gasteiger charge is -2.34. The lowest BCUT2D eigenvalue weighted by atomic mass is 10.0. The summed E-state index contributed by atoms with van der Waals surface area (Å²) in [6.07, 6.45) is 0. The van der Waals surface area contributed by atoms with E-state index in [1.807, 2.05) is 67.3 Å². The van der Waals surface area contributed by atoms with E-state index in [-0.39, 0.29) is 11.7 Å². The van der Waals surface area contributed by atoms with Crippen molar-refractivity contribution >= 4 is 11.7 Å². The Kier molecular flexibility index (Phi) is 5.29. The van der Waals surface area contributed by atoms with E-state index >= 15 is 0 Å². The Morgan fingerprint density at radius 3 is 2.24 bits per heavy atom. The summed E-state index contributed by atoms with van der Waals surface area (Å²) in [4.78, 5) is 29.0.